The number of hydrogen-bond acceptors (Lipinski definition) is 4. The van der Waals surface area contributed by atoms with Crippen LogP contribution in [0.2, 0.25) is 0 Å². The number of ether oxygens (including phenoxy) is 1. The fourth-order valence-electron chi connectivity index (χ4n) is 3.04. The summed E-state index contributed by atoms with van der Waals surface area (Å²) in [4.78, 5) is 12.5. The number of aromatic nitrogens is 1. The molecule has 148 valence electrons. The second-order valence-electron chi connectivity index (χ2n) is 6.42. The van der Waals surface area contributed by atoms with E-state index in [1.54, 1.807) is 23.5 Å². The van der Waals surface area contributed by atoms with E-state index < -0.39 is 0 Å². The molecular formula is C19H26FIN4OS. The van der Waals surface area contributed by atoms with Crippen molar-refractivity contribution in [2.24, 2.45) is 4.99 Å². The highest BCUT2D eigenvalue weighted by Gasteiger charge is 2.28. The van der Waals surface area contributed by atoms with Gasteiger partial charge in [-0.1, -0.05) is 12.1 Å². The van der Waals surface area contributed by atoms with E-state index in [0.717, 1.165) is 30.3 Å². The largest absolute Gasteiger partial charge is 0.367 e. The summed E-state index contributed by atoms with van der Waals surface area (Å²) in [6.07, 6.45) is -0.0406. The summed E-state index contributed by atoms with van der Waals surface area (Å²) >= 11 is 1.63. The molecular weight excluding hydrogens is 478 g/mol. The van der Waals surface area contributed by atoms with Crippen molar-refractivity contribution < 1.29 is 9.13 Å². The molecule has 0 saturated carbocycles. The van der Waals surface area contributed by atoms with E-state index in [4.69, 9.17) is 9.73 Å². The minimum Gasteiger partial charge on any atom is -0.367 e. The van der Waals surface area contributed by atoms with E-state index in [-0.39, 0.29) is 42.0 Å². The predicted octanol–water partition coefficient (Wildman–Crippen LogP) is 4.14. The van der Waals surface area contributed by atoms with Gasteiger partial charge in [-0.05, 0) is 38.5 Å². The average molecular weight is 504 g/mol. The van der Waals surface area contributed by atoms with E-state index in [2.05, 4.69) is 29.0 Å². The number of morpholine rings is 1. The zero-order chi connectivity index (χ0) is 18.5. The Bertz CT molecular complexity index is 752. The molecule has 2 atom stereocenters. The topological polar surface area (TPSA) is 49.8 Å². The molecule has 0 spiro atoms. The third-order valence-electron chi connectivity index (χ3n) is 4.35. The fraction of sp³-hybridized carbons (Fsp3) is 0.474. The number of thiazole rings is 1. The number of aliphatic imine (C=N–C) groups is 1. The maximum atomic E-state index is 13.2. The first kappa shape index (κ1) is 22.0. The number of nitrogens with zero attached hydrogens (tertiary/aromatic N) is 3. The van der Waals surface area contributed by atoms with Gasteiger partial charge in [0.25, 0.3) is 0 Å². The zero-order valence-corrected chi connectivity index (χ0v) is 19.0. The SMILES string of the molecule is CCNC(=NCc1scnc1C)N1CC(C)OC(c2ccc(F)cc2)C1.I. The fourth-order valence-corrected chi connectivity index (χ4v) is 3.74. The maximum Gasteiger partial charge on any atom is 0.194 e. The number of hydrogen-bond donors (Lipinski definition) is 1. The first-order valence-electron chi connectivity index (χ1n) is 8.90. The van der Waals surface area contributed by atoms with Gasteiger partial charge in [-0.3, -0.25) is 0 Å². The van der Waals surface area contributed by atoms with E-state index >= 15 is 0 Å². The highest BCUT2D eigenvalue weighted by atomic mass is 127. The molecule has 0 amide bonds. The monoisotopic (exact) mass is 504 g/mol. The Balaban J connectivity index is 0.00000261. The van der Waals surface area contributed by atoms with Crippen molar-refractivity contribution in [1.82, 2.24) is 15.2 Å². The number of halogens is 2. The van der Waals surface area contributed by atoms with Crippen LogP contribution in [0.25, 0.3) is 0 Å². The van der Waals surface area contributed by atoms with Gasteiger partial charge in [0, 0.05) is 18.0 Å². The van der Waals surface area contributed by atoms with Gasteiger partial charge in [0.15, 0.2) is 5.96 Å². The van der Waals surface area contributed by atoms with Gasteiger partial charge < -0.3 is 15.0 Å². The summed E-state index contributed by atoms with van der Waals surface area (Å²) in [5.41, 5.74) is 3.88. The standard InChI is InChI=1S/C19H25FN4OS.HI/c1-4-21-19(22-9-18-14(3)23-12-26-18)24-10-13(2)25-17(11-24)15-5-7-16(20)8-6-15;/h5-8,12-13,17H,4,9-11H2,1-3H3,(H,21,22);1H. The second kappa shape index (κ2) is 10.3. The molecule has 5 nitrogen and oxygen atoms in total. The molecule has 1 saturated heterocycles. The van der Waals surface area contributed by atoms with E-state index in [1.165, 1.54) is 17.0 Å². The van der Waals surface area contributed by atoms with Gasteiger partial charge >= 0.3 is 0 Å². The first-order valence-corrected chi connectivity index (χ1v) is 9.78. The third-order valence-corrected chi connectivity index (χ3v) is 5.27. The van der Waals surface area contributed by atoms with Gasteiger partial charge in [0.05, 0.1) is 30.4 Å². The summed E-state index contributed by atoms with van der Waals surface area (Å²) in [6.45, 7) is 9.00. The van der Waals surface area contributed by atoms with Crippen LogP contribution in [0, 0.1) is 12.7 Å². The van der Waals surface area contributed by atoms with Crippen LogP contribution in [0.1, 0.15) is 36.1 Å². The summed E-state index contributed by atoms with van der Waals surface area (Å²) < 4.78 is 19.3. The molecule has 1 aliphatic heterocycles. The predicted molar refractivity (Wildman–Crippen MR) is 118 cm³/mol. The lowest BCUT2D eigenvalue weighted by atomic mass is 10.1. The lowest BCUT2D eigenvalue weighted by Crippen LogP contribution is -2.50. The van der Waals surface area contributed by atoms with Crippen molar-refractivity contribution >= 4 is 41.3 Å². The van der Waals surface area contributed by atoms with Crippen LogP contribution in [0.3, 0.4) is 0 Å². The Morgan fingerprint density at radius 2 is 2.11 bits per heavy atom. The van der Waals surface area contributed by atoms with Crippen LogP contribution in [-0.4, -0.2) is 41.6 Å². The van der Waals surface area contributed by atoms with Gasteiger partial charge in [0.2, 0.25) is 0 Å². The van der Waals surface area contributed by atoms with Gasteiger partial charge in [-0.15, -0.1) is 35.3 Å². The van der Waals surface area contributed by atoms with Gasteiger partial charge in [-0.2, -0.15) is 0 Å². The molecule has 0 radical (unpaired) electrons. The Labute approximate surface area is 181 Å². The number of benzene rings is 1. The van der Waals surface area contributed by atoms with Gasteiger partial charge in [-0.25, -0.2) is 14.4 Å². The number of rotatable bonds is 4. The molecule has 1 fully saturated rings. The molecule has 27 heavy (non-hydrogen) atoms. The molecule has 1 N–H and O–H groups in total. The van der Waals surface area contributed by atoms with Crippen molar-refractivity contribution in [1.29, 1.82) is 0 Å². The van der Waals surface area contributed by atoms with Crippen molar-refractivity contribution in [3.63, 3.8) is 0 Å². The summed E-state index contributed by atoms with van der Waals surface area (Å²) in [5.74, 6) is 0.645. The molecule has 0 aliphatic carbocycles. The lowest BCUT2D eigenvalue weighted by Gasteiger charge is -2.38. The summed E-state index contributed by atoms with van der Waals surface area (Å²) in [6, 6.07) is 6.55. The quantitative estimate of drug-likeness (QED) is 0.387. The number of nitrogens with one attached hydrogen (secondary N) is 1. The normalized spacial score (nSPS) is 20.3. The minimum atomic E-state index is -0.232. The minimum absolute atomic E-state index is 0. The highest BCUT2D eigenvalue weighted by molar-refractivity contribution is 14.0. The number of aryl methyl sites for hydroxylation is 1. The molecule has 8 heteroatoms. The lowest BCUT2D eigenvalue weighted by molar-refractivity contribution is -0.0605. The smallest absolute Gasteiger partial charge is 0.194 e. The molecule has 1 aromatic carbocycles. The number of guanidine groups is 1. The van der Waals surface area contributed by atoms with Crippen LogP contribution in [0.4, 0.5) is 4.39 Å². The molecule has 1 aromatic heterocycles. The molecule has 2 aromatic rings. The van der Waals surface area contributed by atoms with Gasteiger partial charge in [0.1, 0.15) is 11.9 Å². The van der Waals surface area contributed by atoms with Crippen LogP contribution in [0.15, 0.2) is 34.8 Å². The Morgan fingerprint density at radius 3 is 2.74 bits per heavy atom. The second-order valence-corrected chi connectivity index (χ2v) is 7.36. The van der Waals surface area contributed by atoms with Crippen LogP contribution >= 0.6 is 35.3 Å². The molecule has 2 unspecified atom stereocenters. The van der Waals surface area contributed by atoms with Crippen molar-refractivity contribution in [3.05, 3.63) is 51.7 Å². The third kappa shape index (κ3) is 5.86. The van der Waals surface area contributed by atoms with Crippen LogP contribution in [-0.2, 0) is 11.3 Å². The Kier molecular flexibility index (Phi) is 8.43. The van der Waals surface area contributed by atoms with E-state index in [9.17, 15) is 4.39 Å². The summed E-state index contributed by atoms with van der Waals surface area (Å²) in [7, 11) is 0. The molecule has 1 aliphatic rings. The summed E-state index contributed by atoms with van der Waals surface area (Å²) in [5, 5.41) is 3.38. The van der Waals surface area contributed by atoms with Crippen molar-refractivity contribution in [2.75, 3.05) is 19.6 Å². The maximum absolute atomic E-state index is 13.2. The Hall–Kier alpha value is -1.26. The van der Waals surface area contributed by atoms with Crippen LogP contribution < -0.4 is 5.32 Å². The molecule has 3 rings (SSSR count). The van der Waals surface area contributed by atoms with E-state index in [0.29, 0.717) is 13.1 Å². The van der Waals surface area contributed by atoms with Crippen molar-refractivity contribution in [3.8, 4) is 0 Å². The Morgan fingerprint density at radius 1 is 1.37 bits per heavy atom. The first-order chi connectivity index (χ1) is 12.6. The molecule has 2 heterocycles. The molecule has 0 bridgehead atoms. The highest BCUT2D eigenvalue weighted by Crippen LogP contribution is 2.25. The van der Waals surface area contributed by atoms with E-state index in [1.807, 2.05) is 12.4 Å². The van der Waals surface area contributed by atoms with Crippen LogP contribution in [0.5, 0.6) is 0 Å². The zero-order valence-electron chi connectivity index (χ0n) is 15.8. The van der Waals surface area contributed by atoms with Crippen molar-refractivity contribution in [2.45, 2.75) is 39.5 Å². The average Bonchev–Trinajstić information content (AvgIpc) is 3.03.